The molecule has 7 heteroatoms. The van der Waals surface area contributed by atoms with Gasteiger partial charge in [0.25, 0.3) is 0 Å². The van der Waals surface area contributed by atoms with Crippen LogP contribution in [0.25, 0.3) is 0 Å². The van der Waals surface area contributed by atoms with Crippen molar-refractivity contribution in [2.24, 2.45) is 5.92 Å². The van der Waals surface area contributed by atoms with Gasteiger partial charge in [0.2, 0.25) is 5.91 Å². The molecule has 1 aliphatic heterocycles. The van der Waals surface area contributed by atoms with Crippen molar-refractivity contribution in [2.75, 3.05) is 16.8 Å². The second-order valence-electron chi connectivity index (χ2n) is 4.57. The van der Waals surface area contributed by atoms with Crippen LogP contribution in [0.5, 0.6) is 0 Å². The summed E-state index contributed by atoms with van der Waals surface area (Å²) >= 11 is 3.28. The summed E-state index contributed by atoms with van der Waals surface area (Å²) in [5, 5.41) is 9.65. The van der Waals surface area contributed by atoms with Gasteiger partial charge in [-0.15, -0.1) is 0 Å². The maximum absolute atomic E-state index is 12.6. The van der Waals surface area contributed by atoms with Gasteiger partial charge in [-0.05, 0) is 24.1 Å². The summed E-state index contributed by atoms with van der Waals surface area (Å²) in [5.74, 6) is -0.0676. The number of rotatable bonds is 2. The van der Waals surface area contributed by atoms with E-state index in [2.05, 4.69) is 15.9 Å². The highest BCUT2D eigenvalue weighted by atomic mass is 79.9. The van der Waals surface area contributed by atoms with Crippen LogP contribution >= 0.6 is 15.9 Å². The van der Waals surface area contributed by atoms with Crippen LogP contribution in [0.3, 0.4) is 0 Å². The van der Waals surface area contributed by atoms with Crippen molar-refractivity contribution in [3.8, 4) is 6.07 Å². The first-order chi connectivity index (χ1) is 9.36. The van der Waals surface area contributed by atoms with E-state index in [4.69, 9.17) is 5.26 Å². The number of hydrogen-bond donors (Lipinski definition) is 0. The molecule has 0 radical (unpaired) electrons. The number of amides is 1. The van der Waals surface area contributed by atoms with Gasteiger partial charge >= 0.3 is 6.18 Å². The van der Waals surface area contributed by atoms with Gasteiger partial charge in [-0.2, -0.15) is 18.4 Å². The van der Waals surface area contributed by atoms with Crippen LogP contribution in [0.2, 0.25) is 0 Å². The Labute approximate surface area is 122 Å². The molecule has 0 aliphatic carbocycles. The van der Waals surface area contributed by atoms with Gasteiger partial charge in [0.05, 0.1) is 16.8 Å². The van der Waals surface area contributed by atoms with E-state index >= 15 is 0 Å². The van der Waals surface area contributed by atoms with Crippen molar-refractivity contribution < 1.29 is 18.0 Å². The summed E-state index contributed by atoms with van der Waals surface area (Å²) in [5.41, 5.74) is -0.779. The lowest BCUT2D eigenvalue weighted by atomic mass is 10.1. The number of carbonyl (C=O) groups is 1. The lowest BCUT2D eigenvalue weighted by molar-refractivity contribution is -0.137. The maximum Gasteiger partial charge on any atom is 0.416 e. The molecular weight excluding hydrogens is 337 g/mol. The number of benzene rings is 1. The molecule has 1 unspecified atom stereocenters. The smallest absolute Gasteiger partial charge is 0.311 e. The van der Waals surface area contributed by atoms with Gasteiger partial charge in [0.15, 0.2) is 0 Å². The molecule has 1 heterocycles. The minimum absolute atomic E-state index is 0.108. The molecule has 1 amide bonds. The second-order valence-corrected chi connectivity index (χ2v) is 5.22. The molecule has 2 rings (SSSR count). The van der Waals surface area contributed by atoms with Gasteiger partial charge in [0.1, 0.15) is 6.07 Å². The number of carbonyl (C=O) groups excluding carboxylic acids is 1. The molecule has 0 N–H and O–H groups in total. The van der Waals surface area contributed by atoms with Crippen LogP contribution in [0.4, 0.5) is 18.9 Å². The van der Waals surface area contributed by atoms with Crippen LogP contribution in [0.15, 0.2) is 18.2 Å². The van der Waals surface area contributed by atoms with Crippen molar-refractivity contribution in [1.29, 1.82) is 5.26 Å². The third kappa shape index (κ3) is 2.80. The van der Waals surface area contributed by atoms with E-state index in [0.717, 1.165) is 12.1 Å². The molecule has 1 aromatic carbocycles. The number of hydrogen-bond acceptors (Lipinski definition) is 2. The Morgan fingerprint density at radius 1 is 1.45 bits per heavy atom. The fourth-order valence-electron chi connectivity index (χ4n) is 2.16. The number of alkyl halides is 4. The van der Waals surface area contributed by atoms with E-state index in [1.165, 1.54) is 11.0 Å². The number of nitrogens with zero attached hydrogens (tertiary/aromatic N) is 2. The molecule has 20 heavy (non-hydrogen) atoms. The molecule has 1 aromatic rings. The van der Waals surface area contributed by atoms with E-state index < -0.39 is 11.7 Å². The minimum Gasteiger partial charge on any atom is -0.311 e. The van der Waals surface area contributed by atoms with Crippen molar-refractivity contribution in [1.82, 2.24) is 0 Å². The van der Waals surface area contributed by atoms with Gasteiger partial charge in [-0.25, -0.2) is 0 Å². The average molecular weight is 347 g/mol. The van der Waals surface area contributed by atoms with E-state index in [9.17, 15) is 18.0 Å². The van der Waals surface area contributed by atoms with E-state index in [1.807, 2.05) is 0 Å². The molecule has 1 saturated heterocycles. The summed E-state index contributed by atoms with van der Waals surface area (Å²) in [6, 6.07) is 4.60. The zero-order valence-corrected chi connectivity index (χ0v) is 11.8. The standard InChI is InChI=1S/C13H10BrF3N2O/c14-5-8-3-12(20)19(7-8)11-2-1-10(13(15,16)17)4-9(11)6-18/h1-2,4,8H,3,5,7H2. The molecule has 1 fully saturated rings. The largest absolute Gasteiger partial charge is 0.416 e. The Morgan fingerprint density at radius 3 is 2.65 bits per heavy atom. The molecule has 1 aliphatic rings. The van der Waals surface area contributed by atoms with Gasteiger partial charge in [-0.1, -0.05) is 15.9 Å². The summed E-state index contributed by atoms with van der Waals surface area (Å²) in [7, 11) is 0. The van der Waals surface area contributed by atoms with Crippen molar-refractivity contribution in [3.63, 3.8) is 0 Å². The lowest BCUT2D eigenvalue weighted by Gasteiger charge is -2.19. The molecular formula is C13H10BrF3N2O. The minimum atomic E-state index is -4.50. The normalized spacial score (nSPS) is 19.2. The lowest BCUT2D eigenvalue weighted by Crippen LogP contribution is -2.25. The van der Waals surface area contributed by atoms with Crippen LogP contribution in [0.1, 0.15) is 17.5 Å². The van der Waals surface area contributed by atoms with Crippen LogP contribution in [-0.4, -0.2) is 17.8 Å². The summed E-state index contributed by atoms with van der Waals surface area (Å²) in [4.78, 5) is 13.2. The fourth-order valence-corrected chi connectivity index (χ4v) is 2.59. The number of anilines is 1. The Bertz CT molecular complexity index is 580. The van der Waals surface area contributed by atoms with Crippen LogP contribution in [-0.2, 0) is 11.0 Å². The quantitative estimate of drug-likeness (QED) is 0.771. The molecule has 3 nitrogen and oxygen atoms in total. The summed E-state index contributed by atoms with van der Waals surface area (Å²) in [6.45, 7) is 0.407. The highest BCUT2D eigenvalue weighted by molar-refractivity contribution is 9.09. The highest BCUT2D eigenvalue weighted by Crippen LogP contribution is 2.34. The molecule has 0 aromatic heterocycles. The molecule has 106 valence electrons. The average Bonchev–Trinajstić information content (AvgIpc) is 2.78. The van der Waals surface area contributed by atoms with Gasteiger partial charge < -0.3 is 4.90 Å². The zero-order valence-electron chi connectivity index (χ0n) is 10.2. The summed E-state index contributed by atoms with van der Waals surface area (Å²) < 4.78 is 37.8. The van der Waals surface area contributed by atoms with E-state index in [0.29, 0.717) is 18.3 Å². The predicted octanol–water partition coefficient (Wildman–Crippen LogP) is 3.32. The molecule has 0 saturated carbocycles. The van der Waals surface area contributed by atoms with Crippen molar-refractivity contribution >= 4 is 27.5 Å². The first-order valence-electron chi connectivity index (χ1n) is 5.84. The maximum atomic E-state index is 12.6. The zero-order chi connectivity index (χ0) is 14.9. The summed E-state index contributed by atoms with van der Waals surface area (Å²) in [6.07, 6.45) is -4.17. The third-order valence-electron chi connectivity index (χ3n) is 3.16. The van der Waals surface area contributed by atoms with Crippen molar-refractivity contribution in [3.05, 3.63) is 29.3 Å². The van der Waals surface area contributed by atoms with Crippen LogP contribution in [0, 0.1) is 17.2 Å². The number of nitriles is 1. The molecule has 1 atom stereocenters. The highest BCUT2D eigenvalue weighted by Gasteiger charge is 2.34. The van der Waals surface area contributed by atoms with E-state index in [-0.39, 0.29) is 23.1 Å². The Balaban J connectivity index is 2.39. The van der Waals surface area contributed by atoms with E-state index in [1.54, 1.807) is 6.07 Å². The fraction of sp³-hybridized carbons (Fsp3) is 0.385. The van der Waals surface area contributed by atoms with Gasteiger partial charge in [0, 0.05) is 18.3 Å². The third-order valence-corrected chi connectivity index (χ3v) is 4.07. The SMILES string of the molecule is N#Cc1cc(C(F)(F)F)ccc1N1CC(CBr)CC1=O. The topological polar surface area (TPSA) is 44.1 Å². The number of halogens is 4. The van der Waals surface area contributed by atoms with Crippen molar-refractivity contribution in [2.45, 2.75) is 12.6 Å². The molecule has 0 spiro atoms. The Hall–Kier alpha value is -1.55. The second kappa shape index (κ2) is 5.44. The Kier molecular flexibility index (Phi) is 4.04. The van der Waals surface area contributed by atoms with Gasteiger partial charge in [-0.3, -0.25) is 4.79 Å². The molecule has 0 bridgehead atoms. The first-order valence-corrected chi connectivity index (χ1v) is 6.96. The van der Waals surface area contributed by atoms with Crippen LogP contribution < -0.4 is 4.90 Å². The predicted molar refractivity (Wildman–Crippen MR) is 70.4 cm³/mol. The monoisotopic (exact) mass is 346 g/mol. The first kappa shape index (κ1) is 14.9. The Morgan fingerprint density at radius 2 is 2.15 bits per heavy atom.